The molecule has 62 heavy (non-hydrogen) atoms. The Balaban J connectivity index is 1.14. The summed E-state index contributed by atoms with van der Waals surface area (Å²) in [6, 6.07) is 72.0. The first-order chi connectivity index (χ1) is 30.6. The number of hydrogen-bond acceptors (Lipinski definition) is 4. The van der Waals surface area contributed by atoms with E-state index >= 15 is 0 Å². The van der Waals surface area contributed by atoms with E-state index in [0.717, 1.165) is 55.6 Å². The molecule has 0 atom stereocenters. The van der Waals surface area contributed by atoms with Crippen molar-refractivity contribution >= 4 is 64.2 Å². The molecule has 0 radical (unpaired) electrons. The van der Waals surface area contributed by atoms with Crippen LogP contribution in [0.3, 0.4) is 0 Å². The standard InChI is InChI=1S/C58H36N2S2/c1-36-30-42-18-8-9-19-46(42)56-48-21-11-13-23-53(48)62-57(56)55(36)45-32-43(41-28-29-54-49(34-41)47-20-10-12-22-52(47)61-54)31-44(33-45)51-35-50(59-58(60-51)40-16-6-3-7-17-40)39-26-24-38(25-27-39)37-14-4-2-5-15-37/h2-29,31-35H,1H3. The zero-order chi connectivity index (χ0) is 41.1. The highest BCUT2D eigenvalue weighted by Gasteiger charge is 2.19. The molecule has 0 aliphatic heterocycles. The van der Waals surface area contributed by atoms with Crippen LogP contribution >= 0.6 is 22.7 Å². The largest absolute Gasteiger partial charge is 0.228 e. The number of nitrogens with zero attached hydrogens (tertiary/aromatic N) is 2. The van der Waals surface area contributed by atoms with Gasteiger partial charge in [-0.25, -0.2) is 9.97 Å². The van der Waals surface area contributed by atoms with Crippen molar-refractivity contribution in [1.82, 2.24) is 9.97 Å². The van der Waals surface area contributed by atoms with Gasteiger partial charge in [0.15, 0.2) is 5.82 Å². The Morgan fingerprint density at radius 3 is 1.74 bits per heavy atom. The smallest absolute Gasteiger partial charge is 0.160 e. The molecular formula is C58H36N2S2. The van der Waals surface area contributed by atoms with Crippen LogP contribution in [0.15, 0.2) is 206 Å². The van der Waals surface area contributed by atoms with Crippen LogP contribution in [0, 0.1) is 10.4 Å². The summed E-state index contributed by atoms with van der Waals surface area (Å²) in [6.45, 7) is 2.22. The van der Waals surface area contributed by atoms with Crippen LogP contribution in [0.4, 0.5) is 0 Å². The molecule has 0 fully saturated rings. The first-order valence-corrected chi connectivity index (χ1v) is 22.5. The third kappa shape index (κ3) is 6.33. The normalized spacial score (nSPS) is 12.2. The zero-order valence-corrected chi connectivity index (χ0v) is 35.4. The average molecular weight is 825 g/mol. The topological polar surface area (TPSA) is 25.8 Å². The lowest BCUT2D eigenvalue weighted by molar-refractivity contribution is 1.18. The van der Waals surface area contributed by atoms with Crippen molar-refractivity contribution in [3.8, 4) is 56.2 Å². The van der Waals surface area contributed by atoms with Gasteiger partial charge in [0.1, 0.15) is 0 Å². The summed E-state index contributed by atoms with van der Waals surface area (Å²) in [7, 11) is 0. The van der Waals surface area contributed by atoms with Gasteiger partial charge >= 0.3 is 0 Å². The van der Waals surface area contributed by atoms with E-state index in [1.165, 1.54) is 61.9 Å². The van der Waals surface area contributed by atoms with Gasteiger partial charge in [0.2, 0.25) is 0 Å². The Morgan fingerprint density at radius 2 is 0.952 bits per heavy atom. The minimum absolute atomic E-state index is 0.692. The van der Waals surface area contributed by atoms with E-state index in [0.29, 0.717) is 5.82 Å². The van der Waals surface area contributed by atoms with E-state index in [-0.39, 0.29) is 0 Å². The quantitative estimate of drug-likeness (QED) is 0.167. The zero-order valence-electron chi connectivity index (χ0n) is 33.8. The highest BCUT2D eigenvalue weighted by atomic mass is 32.1. The summed E-state index contributed by atoms with van der Waals surface area (Å²) in [6.07, 6.45) is 0. The van der Waals surface area contributed by atoms with Crippen LogP contribution in [0.2, 0.25) is 0 Å². The monoisotopic (exact) mass is 824 g/mol. The Morgan fingerprint density at radius 1 is 0.387 bits per heavy atom. The molecule has 8 aromatic carbocycles. The van der Waals surface area contributed by atoms with Crippen LogP contribution in [0.1, 0.15) is 12.5 Å². The summed E-state index contributed by atoms with van der Waals surface area (Å²) in [5, 5.41) is 7.43. The van der Waals surface area contributed by atoms with Gasteiger partial charge in [0.05, 0.1) is 11.4 Å². The summed E-state index contributed by atoms with van der Waals surface area (Å²) in [5.74, 6) is 0.692. The SMILES string of the molecule is CC1=C=c2ccccc2=c2c(sc3ccccc23)=C1c1cc(-c2ccc3sc4ccccc4c3c2)cc(-c2cc(-c3ccc(-c4ccccc4)cc3)nc(-c3ccccc3)n2)c1. The van der Waals surface area contributed by atoms with E-state index < -0.39 is 0 Å². The van der Waals surface area contributed by atoms with Gasteiger partial charge in [-0.3, -0.25) is 0 Å². The maximum atomic E-state index is 5.38. The highest BCUT2D eigenvalue weighted by Crippen LogP contribution is 2.39. The van der Waals surface area contributed by atoms with Crippen LogP contribution in [-0.4, -0.2) is 9.97 Å². The molecule has 4 heteroatoms. The molecule has 2 nitrogen and oxygen atoms in total. The van der Waals surface area contributed by atoms with Crippen LogP contribution < -0.4 is 9.75 Å². The molecule has 3 heterocycles. The van der Waals surface area contributed by atoms with E-state index in [4.69, 9.17) is 9.97 Å². The number of hydrogen-bond donors (Lipinski definition) is 0. The molecular weight excluding hydrogens is 789 g/mol. The van der Waals surface area contributed by atoms with E-state index in [1.54, 1.807) is 0 Å². The molecule has 12 rings (SSSR count). The number of benzene rings is 8. The molecule has 290 valence electrons. The van der Waals surface area contributed by atoms with Gasteiger partial charge < -0.3 is 0 Å². The Labute approximate surface area is 366 Å². The first-order valence-electron chi connectivity index (χ1n) is 20.9. The molecule has 0 spiro atoms. The van der Waals surface area contributed by atoms with E-state index in [1.807, 2.05) is 28.7 Å². The molecule has 1 aliphatic carbocycles. The number of allylic oxidation sites excluding steroid dienone is 1. The van der Waals surface area contributed by atoms with Gasteiger partial charge in [-0.15, -0.1) is 28.4 Å². The van der Waals surface area contributed by atoms with E-state index in [2.05, 4.69) is 207 Å². The van der Waals surface area contributed by atoms with Crippen LogP contribution in [0.25, 0.3) is 97.7 Å². The summed E-state index contributed by atoms with van der Waals surface area (Å²) in [5.41, 5.74) is 16.7. The van der Waals surface area contributed by atoms with Crippen molar-refractivity contribution in [3.63, 3.8) is 0 Å². The molecule has 0 bridgehead atoms. The second-order valence-electron chi connectivity index (χ2n) is 15.9. The van der Waals surface area contributed by atoms with Gasteiger partial charge in [-0.2, -0.15) is 0 Å². The summed E-state index contributed by atoms with van der Waals surface area (Å²) >= 11 is 3.72. The fraction of sp³-hybridized carbons (Fsp3) is 0.0172. The third-order valence-corrected chi connectivity index (χ3v) is 14.3. The van der Waals surface area contributed by atoms with Gasteiger partial charge in [-0.1, -0.05) is 146 Å². The summed E-state index contributed by atoms with van der Waals surface area (Å²) in [4.78, 5) is 10.6. The number of rotatable bonds is 6. The van der Waals surface area contributed by atoms with Crippen molar-refractivity contribution in [3.05, 3.63) is 232 Å². The van der Waals surface area contributed by atoms with Crippen LogP contribution in [0.5, 0.6) is 0 Å². The minimum atomic E-state index is 0.692. The highest BCUT2D eigenvalue weighted by molar-refractivity contribution is 7.25. The van der Waals surface area contributed by atoms with Crippen molar-refractivity contribution in [2.75, 3.05) is 0 Å². The fourth-order valence-electron chi connectivity index (χ4n) is 9.00. The molecule has 11 aromatic rings. The molecule has 3 aromatic heterocycles. The molecule has 0 saturated carbocycles. The maximum absolute atomic E-state index is 5.38. The van der Waals surface area contributed by atoms with E-state index in [9.17, 15) is 0 Å². The molecule has 1 aliphatic rings. The lowest BCUT2D eigenvalue weighted by atomic mass is 9.91. The van der Waals surface area contributed by atoms with Crippen molar-refractivity contribution in [2.45, 2.75) is 6.92 Å². The lowest BCUT2D eigenvalue weighted by Crippen LogP contribution is -2.06. The number of thiophene rings is 2. The van der Waals surface area contributed by atoms with Crippen molar-refractivity contribution in [2.24, 2.45) is 0 Å². The van der Waals surface area contributed by atoms with Gasteiger partial charge in [0.25, 0.3) is 0 Å². The molecule has 0 saturated heterocycles. The fourth-order valence-corrected chi connectivity index (χ4v) is 11.4. The lowest BCUT2D eigenvalue weighted by Gasteiger charge is -2.15. The van der Waals surface area contributed by atoms with Crippen molar-refractivity contribution < 1.29 is 0 Å². The Bertz CT molecular complexity index is 3840. The number of fused-ring (bicyclic) bond motifs is 7. The predicted molar refractivity (Wildman–Crippen MR) is 262 cm³/mol. The third-order valence-electron chi connectivity index (χ3n) is 12.0. The van der Waals surface area contributed by atoms with Gasteiger partial charge in [-0.05, 0) is 94.6 Å². The Kier molecular flexibility index (Phi) is 8.76. The van der Waals surface area contributed by atoms with Gasteiger partial charge in [0, 0.05) is 73.1 Å². The molecule has 0 N–H and O–H groups in total. The predicted octanol–water partition coefficient (Wildman–Crippen LogP) is 14.2. The van der Waals surface area contributed by atoms with Crippen LogP contribution in [-0.2, 0) is 0 Å². The first kappa shape index (κ1) is 36.4. The molecule has 0 unspecified atom stereocenters. The Hall–Kier alpha value is -7.46. The summed E-state index contributed by atoms with van der Waals surface area (Å²) < 4.78 is 5.12. The molecule has 0 amide bonds. The second-order valence-corrected chi connectivity index (χ2v) is 18.0. The minimum Gasteiger partial charge on any atom is -0.228 e. The number of aromatic nitrogens is 2. The maximum Gasteiger partial charge on any atom is 0.160 e. The average Bonchev–Trinajstić information content (AvgIpc) is 3.87. The second kappa shape index (κ2) is 14.9. The van der Waals surface area contributed by atoms with Crippen molar-refractivity contribution in [1.29, 1.82) is 0 Å².